The van der Waals surface area contributed by atoms with Crippen LogP contribution in [0.2, 0.25) is 0 Å². The summed E-state index contributed by atoms with van der Waals surface area (Å²) < 4.78 is 19.1. The van der Waals surface area contributed by atoms with Crippen LogP contribution in [0.5, 0.6) is 5.75 Å². The van der Waals surface area contributed by atoms with Crippen molar-refractivity contribution in [1.29, 1.82) is 0 Å². The first-order valence-corrected chi connectivity index (χ1v) is 10.9. The Bertz CT molecular complexity index is 1110. The molecule has 0 unspecified atom stereocenters. The Hall–Kier alpha value is -3.21. The lowest BCUT2D eigenvalue weighted by Gasteiger charge is -2.14. The van der Waals surface area contributed by atoms with Crippen molar-refractivity contribution in [3.8, 4) is 17.0 Å². The van der Waals surface area contributed by atoms with Gasteiger partial charge in [0.15, 0.2) is 0 Å². The third kappa shape index (κ3) is 5.10. The molecule has 160 valence electrons. The summed E-state index contributed by atoms with van der Waals surface area (Å²) in [5.41, 5.74) is 4.27. The number of pyridine rings is 1. The first-order chi connectivity index (χ1) is 15.1. The molecule has 2 aromatic carbocycles. The highest BCUT2D eigenvalue weighted by Crippen LogP contribution is 2.31. The van der Waals surface area contributed by atoms with Crippen molar-refractivity contribution < 1.29 is 13.9 Å². The van der Waals surface area contributed by atoms with Crippen molar-refractivity contribution in [2.75, 3.05) is 13.2 Å². The third-order valence-corrected chi connectivity index (χ3v) is 5.59. The molecule has 0 atom stereocenters. The second-order valence-electron chi connectivity index (χ2n) is 7.79. The number of nitrogens with one attached hydrogen (secondary N) is 1. The zero-order chi connectivity index (χ0) is 21.6. The SMILES string of the molecule is CCOc1cc(-c2ccc(F)cc2)nc2ccc(C(=O)NCCC3=CCCCC3)cc12. The fourth-order valence-electron chi connectivity index (χ4n) is 3.95. The van der Waals surface area contributed by atoms with Gasteiger partial charge in [-0.3, -0.25) is 4.79 Å². The highest BCUT2D eigenvalue weighted by atomic mass is 19.1. The molecule has 0 saturated heterocycles. The van der Waals surface area contributed by atoms with Gasteiger partial charge in [-0.05, 0) is 81.5 Å². The summed E-state index contributed by atoms with van der Waals surface area (Å²) in [6, 6.07) is 13.5. The summed E-state index contributed by atoms with van der Waals surface area (Å²) in [4.78, 5) is 17.4. The number of hydrogen-bond donors (Lipinski definition) is 1. The number of hydrogen-bond acceptors (Lipinski definition) is 3. The molecule has 4 nitrogen and oxygen atoms in total. The molecular formula is C26H27FN2O2. The molecule has 1 amide bonds. The number of nitrogens with zero attached hydrogens (tertiary/aromatic N) is 1. The number of ether oxygens (including phenoxy) is 1. The Labute approximate surface area is 182 Å². The smallest absolute Gasteiger partial charge is 0.251 e. The van der Waals surface area contributed by atoms with E-state index in [4.69, 9.17) is 9.72 Å². The fraction of sp³-hybridized carbons (Fsp3) is 0.308. The number of halogens is 1. The van der Waals surface area contributed by atoms with Crippen LogP contribution >= 0.6 is 0 Å². The van der Waals surface area contributed by atoms with E-state index in [2.05, 4.69) is 11.4 Å². The maximum absolute atomic E-state index is 13.3. The van der Waals surface area contributed by atoms with Crippen LogP contribution in [0, 0.1) is 5.82 Å². The molecular weight excluding hydrogens is 391 g/mol. The van der Waals surface area contributed by atoms with Gasteiger partial charge >= 0.3 is 0 Å². The Morgan fingerprint density at radius 3 is 2.71 bits per heavy atom. The maximum Gasteiger partial charge on any atom is 0.251 e. The summed E-state index contributed by atoms with van der Waals surface area (Å²) in [5, 5.41) is 3.82. The van der Waals surface area contributed by atoms with Crippen molar-refractivity contribution in [1.82, 2.24) is 10.3 Å². The number of amides is 1. The lowest BCUT2D eigenvalue weighted by molar-refractivity contribution is 0.0954. The van der Waals surface area contributed by atoms with Crippen LogP contribution in [0.15, 0.2) is 60.2 Å². The van der Waals surface area contributed by atoms with Crippen LogP contribution < -0.4 is 10.1 Å². The minimum atomic E-state index is -0.287. The zero-order valence-electron chi connectivity index (χ0n) is 17.8. The molecule has 0 fully saturated rings. The van der Waals surface area contributed by atoms with E-state index in [1.807, 2.05) is 25.1 Å². The normalized spacial score (nSPS) is 13.7. The second kappa shape index (κ2) is 9.73. The summed E-state index contributed by atoms with van der Waals surface area (Å²) in [5.74, 6) is 0.280. The van der Waals surface area contributed by atoms with E-state index in [-0.39, 0.29) is 11.7 Å². The van der Waals surface area contributed by atoms with Crippen LogP contribution in [0.1, 0.15) is 49.4 Å². The molecule has 1 aliphatic carbocycles. The summed E-state index contributed by atoms with van der Waals surface area (Å²) >= 11 is 0. The summed E-state index contributed by atoms with van der Waals surface area (Å²) in [6.45, 7) is 3.05. The number of rotatable bonds is 7. The van der Waals surface area contributed by atoms with Gasteiger partial charge in [0.05, 0.1) is 17.8 Å². The van der Waals surface area contributed by atoms with E-state index < -0.39 is 0 Å². The molecule has 3 aromatic rings. The van der Waals surface area contributed by atoms with Crippen molar-refractivity contribution in [2.45, 2.75) is 39.0 Å². The first-order valence-electron chi connectivity index (χ1n) is 10.9. The molecule has 1 heterocycles. The predicted octanol–water partition coefficient (Wildman–Crippen LogP) is 6.06. The summed E-state index contributed by atoms with van der Waals surface area (Å²) in [6.07, 6.45) is 8.03. The number of carbonyl (C=O) groups excluding carboxylic acids is 1. The van der Waals surface area contributed by atoms with Crippen LogP contribution in [0.4, 0.5) is 4.39 Å². The molecule has 4 rings (SSSR count). The summed E-state index contributed by atoms with van der Waals surface area (Å²) in [7, 11) is 0. The Morgan fingerprint density at radius 2 is 1.97 bits per heavy atom. The largest absolute Gasteiger partial charge is 0.493 e. The highest BCUT2D eigenvalue weighted by molar-refractivity contribution is 5.99. The van der Waals surface area contributed by atoms with Gasteiger partial charge in [-0.2, -0.15) is 0 Å². The fourth-order valence-corrected chi connectivity index (χ4v) is 3.95. The van der Waals surface area contributed by atoms with Gasteiger partial charge in [-0.15, -0.1) is 0 Å². The van der Waals surface area contributed by atoms with Gasteiger partial charge in [0.1, 0.15) is 11.6 Å². The standard InChI is InChI=1S/C26H27FN2O2/c1-2-31-25-17-24(19-8-11-21(27)12-9-19)29-23-13-10-20(16-22(23)25)26(30)28-15-14-18-6-4-3-5-7-18/h6,8-13,16-17H,2-5,7,14-15H2,1H3,(H,28,30). The van der Waals surface area contributed by atoms with Gasteiger partial charge in [0.25, 0.3) is 5.91 Å². The number of allylic oxidation sites excluding steroid dienone is 1. The van der Waals surface area contributed by atoms with Gasteiger partial charge in [-0.1, -0.05) is 11.6 Å². The maximum atomic E-state index is 13.3. The van der Waals surface area contributed by atoms with Crippen molar-refractivity contribution in [3.05, 3.63) is 71.6 Å². The molecule has 0 radical (unpaired) electrons. The van der Waals surface area contributed by atoms with Crippen molar-refractivity contribution in [2.24, 2.45) is 0 Å². The van der Waals surface area contributed by atoms with Crippen LogP contribution in [0.25, 0.3) is 22.2 Å². The quantitative estimate of drug-likeness (QED) is 0.475. The Kier molecular flexibility index (Phi) is 6.60. The second-order valence-corrected chi connectivity index (χ2v) is 7.79. The molecule has 0 aliphatic heterocycles. The average Bonchev–Trinajstić information content (AvgIpc) is 2.80. The van der Waals surface area contributed by atoms with E-state index in [0.29, 0.717) is 30.2 Å². The average molecular weight is 419 g/mol. The minimum absolute atomic E-state index is 0.0941. The lowest BCUT2D eigenvalue weighted by atomic mass is 9.97. The monoisotopic (exact) mass is 418 g/mol. The van der Waals surface area contributed by atoms with E-state index in [0.717, 1.165) is 35.7 Å². The number of benzene rings is 2. The third-order valence-electron chi connectivity index (χ3n) is 5.59. The van der Waals surface area contributed by atoms with Crippen molar-refractivity contribution in [3.63, 3.8) is 0 Å². The number of carbonyl (C=O) groups is 1. The predicted molar refractivity (Wildman–Crippen MR) is 122 cm³/mol. The molecule has 0 saturated carbocycles. The van der Waals surface area contributed by atoms with E-state index in [1.165, 1.54) is 30.5 Å². The van der Waals surface area contributed by atoms with Crippen LogP contribution in [-0.2, 0) is 0 Å². The Balaban J connectivity index is 1.56. The molecule has 31 heavy (non-hydrogen) atoms. The molecule has 1 N–H and O–H groups in total. The van der Waals surface area contributed by atoms with E-state index in [1.54, 1.807) is 18.2 Å². The zero-order valence-corrected chi connectivity index (χ0v) is 17.8. The minimum Gasteiger partial charge on any atom is -0.493 e. The topological polar surface area (TPSA) is 51.2 Å². The highest BCUT2D eigenvalue weighted by Gasteiger charge is 2.13. The Morgan fingerprint density at radius 1 is 1.13 bits per heavy atom. The van der Waals surface area contributed by atoms with Crippen LogP contribution in [0.3, 0.4) is 0 Å². The number of aromatic nitrogens is 1. The lowest BCUT2D eigenvalue weighted by Crippen LogP contribution is -2.24. The van der Waals surface area contributed by atoms with E-state index >= 15 is 0 Å². The van der Waals surface area contributed by atoms with Gasteiger partial charge < -0.3 is 10.1 Å². The molecule has 5 heteroatoms. The number of fused-ring (bicyclic) bond motifs is 1. The first kappa shape index (κ1) is 21.0. The van der Waals surface area contributed by atoms with E-state index in [9.17, 15) is 9.18 Å². The van der Waals surface area contributed by atoms with Gasteiger partial charge in [-0.25, -0.2) is 9.37 Å². The molecule has 0 bridgehead atoms. The van der Waals surface area contributed by atoms with Gasteiger partial charge in [0.2, 0.25) is 0 Å². The van der Waals surface area contributed by atoms with Crippen LogP contribution in [-0.4, -0.2) is 24.0 Å². The van der Waals surface area contributed by atoms with Crippen molar-refractivity contribution >= 4 is 16.8 Å². The van der Waals surface area contributed by atoms with Gasteiger partial charge in [0, 0.05) is 29.1 Å². The molecule has 0 spiro atoms. The molecule has 1 aliphatic rings. The molecule has 1 aromatic heterocycles.